The summed E-state index contributed by atoms with van der Waals surface area (Å²) < 4.78 is 5.36. The van der Waals surface area contributed by atoms with Gasteiger partial charge in [0.15, 0.2) is 0 Å². The standard InChI is InChI=1S/C11H19N2O2/c1-11(2,3)15-10(14)13-7-8-5-9(13)6-12(8)4/h8-9H,4-7H2,1-3H3/q-1/t8-,9-/m0/s1. The molecule has 4 heteroatoms. The Balaban J connectivity index is 1.94. The minimum absolute atomic E-state index is 0.178. The lowest BCUT2D eigenvalue weighted by Gasteiger charge is -2.37. The van der Waals surface area contributed by atoms with E-state index >= 15 is 0 Å². The van der Waals surface area contributed by atoms with E-state index < -0.39 is 5.60 Å². The minimum atomic E-state index is -0.400. The fourth-order valence-electron chi connectivity index (χ4n) is 2.29. The van der Waals surface area contributed by atoms with Gasteiger partial charge in [-0.05, 0) is 33.7 Å². The Morgan fingerprint density at radius 3 is 2.40 bits per heavy atom. The molecule has 2 rings (SSSR count). The fourth-order valence-corrected chi connectivity index (χ4v) is 2.29. The van der Waals surface area contributed by atoms with Gasteiger partial charge in [-0.25, -0.2) is 4.79 Å². The maximum Gasteiger partial charge on any atom is 0.410 e. The summed E-state index contributed by atoms with van der Waals surface area (Å²) in [6.07, 6.45) is 0.867. The van der Waals surface area contributed by atoms with Gasteiger partial charge in [0.1, 0.15) is 5.60 Å². The Morgan fingerprint density at radius 2 is 2.00 bits per heavy atom. The molecule has 0 aromatic rings. The maximum absolute atomic E-state index is 11.8. The molecule has 0 saturated carbocycles. The topological polar surface area (TPSA) is 32.8 Å². The van der Waals surface area contributed by atoms with Gasteiger partial charge in [-0.15, -0.1) is 0 Å². The number of carbonyl (C=O) groups is 1. The molecule has 1 amide bonds. The number of hydrogen-bond acceptors (Lipinski definition) is 3. The number of ether oxygens (including phenoxy) is 1. The van der Waals surface area contributed by atoms with Crippen LogP contribution in [0.5, 0.6) is 0 Å². The van der Waals surface area contributed by atoms with Crippen LogP contribution >= 0.6 is 0 Å². The largest absolute Gasteiger partial charge is 0.453 e. The molecule has 15 heavy (non-hydrogen) atoms. The van der Waals surface area contributed by atoms with Crippen molar-refractivity contribution in [3.8, 4) is 0 Å². The summed E-state index contributed by atoms with van der Waals surface area (Å²) in [5.74, 6) is 0. The smallest absolute Gasteiger partial charge is 0.410 e. The molecule has 2 aliphatic rings. The van der Waals surface area contributed by atoms with E-state index in [-0.39, 0.29) is 6.09 Å². The number of nitrogens with zero attached hydrogens (tertiary/aromatic N) is 2. The van der Waals surface area contributed by atoms with E-state index in [9.17, 15) is 4.79 Å². The molecule has 2 aliphatic heterocycles. The van der Waals surface area contributed by atoms with Crippen LogP contribution in [0, 0.1) is 7.05 Å². The Hall–Kier alpha value is -0.770. The first-order valence-electron chi connectivity index (χ1n) is 5.43. The van der Waals surface area contributed by atoms with E-state index in [0.29, 0.717) is 12.1 Å². The van der Waals surface area contributed by atoms with Crippen molar-refractivity contribution in [1.82, 2.24) is 9.80 Å². The van der Waals surface area contributed by atoms with Crippen molar-refractivity contribution >= 4 is 6.09 Å². The number of hydrogen-bond donors (Lipinski definition) is 0. The molecule has 0 aliphatic carbocycles. The number of fused-ring (bicyclic) bond motifs is 2. The van der Waals surface area contributed by atoms with Crippen molar-refractivity contribution in [3.63, 3.8) is 0 Å². The summed E-state index contributed by atoms with van der Waals surface area (Å²) in [6, 6.07) is 0.741. The van der Waals surface area contributed by atoms with Crippen LogP contribution in [0.4, 0.5) is 4.79 Å². The van der Waals surface area contributed by atoms with Crippen molar-refractivity contribution in [3.05, 3.63) is 7.05 Å². The van der Waals surface area contributed by atoms with Gasteiger partial charge in [-0.2, -0.15) is 0 Å². The summed E-state index contributed by atoms with van der Waals surface area (Å²) in [5.41, 5.74) is -0.400. The maximum atomic E-state index is 11.8. The Kier molecular flexibility index (Phi) is 2.41. The summed E-state index contributed by atoms with van der Waals surface area (Å²) in [4.78, 5) is 15.7. The van der Waals surface area contributed by atoms with Crippen LogP contribution in [0.3, 0.4) is 0 Å². The van der Waals surface area contributed by atoms with E-state index in [1.807, 2.05) is 25.7 Å². The molecule has 0 unspecified atom stereocenters. The van der Waals surface area contributed by atoms with Gasteiger partial charge < -0.3 is 14.5 Å². The van der Waals surface area contributed by atoms with Crippen molar-refractivity contribution in [2.45, 2.75) is 44.9 Å². The molecule has 2 fully saturated rings. The Bertz CT molecular complexity index is 270. The van der Waals surface area contributed by atoms with Gasteiger partial charge in [-0.1, -0.05) is 0 Å². The van der Waals surface area contributed by atoms with Crippen molar-refractivity contribution in [2.24, 2.45) is 0 Å². The van der Waals surface area contributed by atoms with Gasteiger partial charge in [0.25, 0.3) is 0 Å². The molecular weight excluding hydrogens is 192 g/mol. The number of rotatable bonds is 0. The van der Waals surface area contributed by atoms with E-state index in [1.54, 1.807) is 0 Å². The first-order valence-corrected chi connectivity index (χ1v) is 5.43. The third kappa shape index (κ3) is 2.09. The summed E-state index contributed by atoms with van der Waals surface area (Å²) in [5, 5.41) is 0. The summed E-state index contributed by atoms with van der Waals surface area (Å²) in [7, 11) is 3.94. The predicted octanol–water partition coefficient (Wildman–Crippen LogP) is 1.47. The second-order valence-electron chi connectivity index (χ2n) is 5.45. The van der Waals surface area contributed by atoms with Gasteiger partial charge in [-0.3, -0.25) is 7.05 Å². The van der Waals surface area contributed by atoms with Gasteiger partial charge in [0.2, 0.25) is 0 Å². The first kappa shape index (κ1) is 10.7. The van der Waals surface area contributed by atoms with E-state index in [2.05, 4.69) is 11.9 Å². The molecule has 0 aromatic carbocycles. The zero-order valence-corrected chi connectivity index (χ0v) is 9.69. The van der Waals surface area contributed by atoms with Crippen molar-refractivity contribution in [2.75, 3.05) is 13.1 Å². The minimum Gasteiger partial charge on any atom is -0.453 e. The lowest BCUT2D eigenvalue weighted by Crippen LogP contribution is -2.48. The Morgan fingerprint density at radius 1 is 1.33 bits per heavy atom. The fraction of sp³-hybridized carbons (Fsp3) is 0.818. The van der Waals surface area contributed by atoms with Crippen LogP contribution < -0.4 is 0 Å². The van der Waals surface area contributed by atoms with Crippen LogP contribution in [-0.4, -0.2) is 46.7 Å². The third-order valence-corrected chi connectivity index (χ3v) is 2.98. The molecule has 2 bridgehead atoms. The van der Waals surface area contributed by atoms with Crippen molar-refractivity contribution in [1.29, 1.82) is 0 Å². The van der Waals surface area contributed by atoms with Crippen LogP contribution in [0.1, 0.15) is 27.2 Å². The molecule has 2 atom stereocenters. The molecule has 0 radical (unpaired) electrons. The zero-order chi connectivity index (χ0) is 11.2. The average Bonchev–Trinajstić information content (AvgIpc) is 2.58. The zero-order valence-electron chi connectivity index (χ0n) is 9.69. The summed E-state index contributed by atoms with van der Waals surface area (Å²) >= 11 is 0. The normalized spacial score (nSPS) is 31.1. The van der Waals surface area contributed by atoms with Gasteiger partial charge in [0.05, 0.1) is 0 Å². The number of carbonyl (C=O) groups excluding carboxylic acids is 1. The van der Waals surface area contributed by atoms with Crippen molar-refractivity contribution < 1.29 is 9.53 Å². The van der Waals surface area contributed by atoms with Gasteiger partial charge >= 0.3 is 6.09 Å². The molecule has 0 spiro atoms. The molecular formula is C11H19N2O2-. The molecule has 86 valence electrons. The van der Waals surface area contributed by atoms with E-state index in [4.69, 9.17) is 4.74 Å². The van der Waals surface area contributed by atoms with E-state index in [0.717, 1.165) is 19.5 Å². The average molecular weight is 211 g/mol. The second-order valence-corrected chi connectivity index (χ2v) is 5.45. The highest BCUT2D eigenvalue weighted by Crippen LogP contribution is 2.30. The van der Waals surface area contributed by atoms with Gasteiger partial charge in [0, 0.05) is 18.6 Å². The van der Waals surface area contributed by atoms with E-state index in [1.165, 1.54) is 0 Å². The highest BCUT2D eigenvalue weighted by molar-refractivity contribution is 5.69. The van der Waals surface area contributed by atoms with Crippen LogP contribution in [0.15, 0.2) is 0 Å². The van der Waals surface area contributed by atoms with Crippen LogP contribution in [-0.2, 0) is 4.74 Å². The number of likely N-dealkylation sites (tertiary alicyclic amines) is 2. The number of piperazine rings is 1. The third-order valence-electron chi connectivity index (χ3n) is 2.98. The molecule has 0 aromatic heterocycles. The molecule has 2 saturated heterocycles. The SMILES string of the molecule is [CH2-]N1C[C@@H]2C[C@H]1CN2C(=O)OC(C)(C)C. The molecule has 0 N–H and O–H groups in total. The highest BCUT2D eigenvalue weighted by atomic mass is 16.6. The second kappa shape index (κ2) is 3.37. The summed E-state index contributed by atoms with van der Waals surface area (Å²) in [6.45, 7) is 7.33. The van der Waals surface area contributed by atoms with Crippen LogP contribution in [0.25, 0.3) is 0 Å². The Labute approximate surface area is 91.2 Å². The molecule has 2 heterocycles. The molecule has 4 nitrogen and oxygen atoms in total. The first-order chi connectivity index (χ1) is 6.87. The lowest BCUT2D eigenvalue weighted by atomic mass is 10.2. The highest BCUT2D eigenvalue weighted by Gasteiger charge is 2.42. The predicted molar refractivity (Wildman–Crippen MR) is 57.2 cm³/mol. The van der Waals surface area contributed by atoms with Crippen LogP contribution in [0.2, 0.25) is 0 Å². The monoisotopic (exact) mass is 211 g/mol. The quantitative estimate of drug-likeness (QED) is 0.569. The number of amides is 1. The lowest BCUT2D eigenvalue weighted by molar-refractivity contribution is 0.0157.